The zero-order valence-corrected chi connectivity index (χ0v) is 16.1. The standard InChI is InChI=1S/C20H24N4O4/c1-13-14(2)24(11-16-4-3-9-28-16)19(17(13)10-21)22-18(25)12-23-7-5-15(6-8-23)20(26)27/h3-4,9,15H,5-8,11-12H2,1-2H3,(H,22,25)(H,26,27). The van der Waals surface area contributed by atoms with Crippen LogP contribution in [-0.2, 0) is 16.1 Å². The molecule has 148 valence electrons. The molecule has 3 heterocycles. The summed E-state index contributed by atoms with van der Waals surface area (Å²) in [5, 5.41) is 23.4. The molecule has 1 fully saturated rings. The second-order valence-electron chi connectivity index (χ2n) is 7.28. The molecule has 0 bridgehead atoms. The van der Waals surface area contributed by atoms with E-state index in [4.69, 9.17) is 4.42 Å². The summed E-state index contributed by atoms with van der Waals surface area (Å²) in [5.41, 5.74) is 2.17. The molecule has 0 atom stereocenters. The molecule has 28 heavy (non-hydrogen) atoms. The van der Waals surface area contributed by atoms with E-state index < -0.39 is 11.9 Å². The molecule has 1 aliphatic heterocycles. The molecule has 1 amide bonds. The first-order chi connectivity index (χ1) is 13.4. The summed E-state index contributed by atoms with van der Waals surface area (Å²) in [6.07, 6.45) is 2.62. The number of nitriles is 1. The molecule has 2 aromatic rings. The molecule has 2 N–H and O–H groups in total. The van der Waals surface area contributed by atoms with Crippen molar-refractivity contribution in [1.82, 2.24) is 4.57 Å². The number of amides is 1. The number of carbonyl (C=O) groups is 2. The maximum Gasteiger partial charge on any atom is 0.280 e. The van der Waals surface area contributed by atoms with E-state index in [0.717, 1.165) is 21.9 Å². The number of piperidine rings is 1. The second-order valence-corrected chi connectivity index (χ2v) is 7.28. The Bertz CT molecular complexity index is 900. The Morgan fingerprint density at radius 1 is 1.39 bits per heavy atom. The van der Waals surface area contributed by atoms with Gasteiger partial charge in [0.2, 0.25) is 0 Å². The Morgan fingerprint density at radius 3 is 2.68 bits per heavy atom. The van der Waals surface area contributed by atoms with Crippen molar-refractivity contribution >= 4 is 17.7 Å². The molecule has 3 rings (SSSR count). The van der Waals surface area contributed by atoms with Crippen molar-refractivity contribution in [3.05, 3.63) is 41.0 Å². The SMILES string of the molecule is Cc1c(C#N)c(NC(=O)C[NH+]2CCC(C(=O)[O-])CC2)n(Cc2ccco2)c1C. The monoisotopic (exact) mass is 384 g/mol. The summed E-state index contributed by atoms with van der Waals surface area (Å²) in [6, 6.07) is 5.83. The first kappa shape index (κ1) is 19.7. The minimum atomic E-state index is -1.01. The number of carboxylic acid groups (broad SMARTS) is 1. The molecule has 0 spiro atoms. The van der Waals surface area contributed by atoms with Crippen LogP contribution >= 0.6 is 0 Å². The highest BCUT2D eigenvalue weighted by Gasteiger charge is 2.26. The molecular weight excluding hydrogens is 360 g/mol. The number of rotatable bonds is 6. The summed E-state index contributed by atoms with van der Waals surface area (Å²) in [4.78, 5) is 24.6. The minimum Gasteiger partial charge on any atom is -0.550 e. The quantitative estimate of drug-likeness (QED) is 0.703. The van der Waals surface area contributed by atoms with Crippen molar-refractivity contribution in [2.75, 3.05) is 25.0 Å². The van der Waals surface area contributed by atoms with E-state index in [9.17, 15) is 20.0 Å². The lowest BCUT2D eigenvalue weighted by Gasteiger charge is -2.29. The highest BCUT2D eigenvalue weighted by atomic mass is 16.4. The zero-order valence-electron chi connectivity index (χ0n) is 16.1. The fourth-order valence-corrected chi connectivity index (χ4v) is 3.73. The lowest BCUT2D eigenvalue weighted by Crippen LogP contribution is -3.14. The van der Waals surface area contributed by atoms with Gasteiger partial charge in [-0.3, -0.25) is 4.79 Å². The molecule has 0 saturated carbocycles. The van der Waals surface area contributed by atoms with Gasteiger partial charge in [-0.05, 0) is 31.5 Å². The number of likely N-dealkylation sites (tertiary alicyclic amines) is 1. The fourth-order valence-electron chi connectivity index (χ4n) is 3.73. The number of aromatic nitrogens is 1. The van der Waals surface area contributed by atoms with Crippen LogP contribution in [0, 0.1) is 31.1 Å². The van der Waals surface area contributed by atoms with Gasteiger partial charge < -0.3 is 29.1 Å². The maximum atomic E-state index is 12.6. The van der Waals surface area contributed by atoms with E-state index in [1.54, 1.807) is 12.3 Å². The van der Waals surface area contributed by atoms with Gasteiger partial charge >= 0.3 is 0 Å². The van der Waals surface area contributed by atoms with Crippen LogP contribution in [0.5, 0.6) is 0 Å². The van der Waals surface area contributed by atoms with Crippen molar-refractivity contribution in [1.29, 1.82) is 5.26 Å². The minimum absolute atomic E-state index is 0.198. The third-order valence-electron chi connectivity index (χ3n) is 5.53. The summed E-state index contributed by atoms with van der Waals surface area (Å²) >= 11 is 0. The molecule has 0 unspecified atom stereocenters. The van der Waals surface area contributed by atoms with Crippen LogP contribution in [0.2, 0.25) is 0 Å². The van der Waals surface area contributed by atoms with Gasteiger partial charge in [-0.1, -0.05) is 0 Å². The van der Waals surface area contributed by atoms with Crippen molar-refractivity contribution < 1.29 is 24.0 Å². The highest BCUT2D eigenvalue weighted by molar-refractivity contribution is 5.92. The molecule has 0 radical (unpaired) electrons. The summed E-state index contributed by atoms with van der Waals surface area (Å²) in [6.45, 7) is 5.64. The van der Waals surface area contributed by atoms with Gasteiger partial charge in [-0.2, -0.15) is 5.26 Å². The van der Waals surface area contributed by atoms with Gasteiger partial charge in [0, 0.05) is 30.4 Å². The maximum absolute atomic E-state index is 12.6. The first-order valence-electron chi connectivity index (χ1n) is 9.37. The van der Waals surface area contributed by atoms with Gasteiger partial charge in [0.25, 0.3) is 5.91 Å². The van der Waals surface area contributed by atoms with E-state index in [-0.39, 0.29) is 12.5 Å². The molecular formula is C20H24N4O4. The number of carboxylic acids is 1. The average molecular weight is 384 g/mol. The molecule has 8 heteroatoms. The molecule has 1 aliphatic rings. The first-order valence-corrected chi connectivity index (χ1v) is 9.37. The van der Waals surface area contributed by atoms with Crippen LogP contribution in [0.3, 0.4) is 0 Å². The fraction of sp³-hybridized carbons (Fsp3) is 0.450. The molecule has 8 nitrogen and oxygen atoms in total. The Morgan fingerprint density at radius 2 is 2.11 bits per heavy atom. The summed E-state index contributed by atoms with van der Waals surface area (Å²) < 4.78 is 7.29. The molecule has 1 saturated heterocycles. The normalized spacial score (nSPS) is 19.2. The Balaban J connectivity index is 1.72. The van der Waals surface area contributed by atoms with Gasteiger partial charge in [0.1, 0.15) is 17.6 Å². The lowest BCUT2D eigenvalue weighted by atomic mass is 9.97. The number of furan rings is 1. The van der Waals surface area contributed by atoms with Crippen molar-refractivity contribution in [3.8, 4) is 6.07 Å². The predicted molar refractivity (Wildman–Crippen MR) is 98.4 cm³/mol. The third kappa shape index (κ3) is 4.10. The van der Waals surface area contributed by atoms with Crippen molar-refractivity contribution in [2.24, 2.45) is 5.92 Å². The van der Waals surface area contributed by atoms with Crippen LogP contribution < -0.4 is 15.3 Å². The zero-order chi connectivity index (χ0) is 20.3. The summed E-state index contributed by atoms with van der Waals surface area (Å²) in [7, 11) is 0. The van der Waals surface area contributed by atoms with E-state index in [1.165, 1.54) is 0 Å². The van der Waals surface area contributed by atoms with Gasteiger partial charge in [-0.25, -0.2) is 0 Å². The average Bonchev–Trinajstić information content (AvgIpc) is 3.25. The van der Waals surface area contributed by atoms with Crippen LogP contribution in [0.25, 0.3) is 0 Å². The van der Waals surface area contributed by atoms with Gasteiger partial charge in [0.05, 0.1) is 31.5 Å². The highest BCUT2D eigenvalue weighted by Crippen LogP contribution is 2.27. The Kier molecular flexibility index (Phi) is 5.85. The third-order valence-corrected chi connectivity index (χ3v) is 5.53. The second kappa shape index (κ2) is 8.31. The predicted octanol–water partition coefficient (Wildman–Crippen LogP) is -0.399. The molecule has 2 aromatic heterocycles. The number of aliphatic carboxylic acids is 1. The van der Waals surface area contributed by atoms with E-state index >= 15 is 0 Å². The number of hydrogen-bond donors (Lipinski definition) is 2. The van der Waals surface area contributed by atoms with Crippen LogP contribution in [-0.4, -0.2) is 36.1 Å². The van der Waals surface area contributed by atoms with Crippen molar-refractivity contribution in [3.63, 3.8) is 0 Å². The number of carbonyl (C=O) groups excluding carboxylic acids is 2. The number of nitrogens with zero attached hydrogens (tertiary/aromatic N) is 2. The molecule has 0 aliphatic carbocycles. The van der Waals surface area contributed by atoms with E-state index in [2.05, 4.69) is 11.4 Å². The topological polar surface area (TPSA) is 116 Å². The number of hydrogen-bond acceptors (Lipinski definition) is 5. The summed E-state index contributed by atoms with van der Waals surface area (Å²) in [5.74, 6) is -0.427. The van der Waals surface area contributed by atoms with Crippen molar-refractivity contribution in [2.45, 2.75) is 33.2 Å². The largest absolute Gasteiger partial charge is 0.550 e. The number of quaternary nitrogens is 1. The number of anilines is 1. The van der Waals surface area contributed by atoms with Crippen LogP contribution in [0.15, 0.2) is 22.8 Å². The van der Waals surface area contributed by atoms with Gasteiger partial charge in [0.15, 0.2) is 6.54 Å². The van der Waals surface area contributed by atoms with Crippen LogP contribution in [0.4, 0.5) is 5.82 Å². The number of nitrogens with one attached hydrogen (secondary N) is 2. The van der Waals surface area contributed by atoms with E-state index in [0.29, 0.717) is 43.9 Å². The smallest absolute Gasteiger partial charge is 0.280 e. The van der Waals surface area contributed by atoms with Gasteiger partial charge in [-0.15, -0.1) is 0 Å². The lowest BCUT2D eigenvalue weighted by molar-refractivity contribution is -0.897. The Labute approximate surface area is 163 Å². The Hall–Kier alpha value is -3.05. The molecule has 0 aromatic carbocycles. The van der Waals surface area contributed by atoms with Crippen LogP contribution in [0.1, 0.15) is 35.4 Å². The van der Waals surface area contributed by atoms with E-state index in [1.807, 2.05) is 24.5 Å².